The van der Waals surface area contributed by atoms with Gasteiger partial charge in [0.2, 0.25) is 0 Å². The summed E-state index contributed by atoms with van der Waals surface area (Å²) in [6, 6.07) is 1.27. The highest BCUT2D eigenvalue weighted by molar-refractivity contribution is 8.00. The number of carbonyl (C=O) groups is 1. The second-order valence-corrected chi connectivity index (χ2v) is 7.53. The van der Waals surface area contributed by atoms with Crippen LogP contribution in [0.15, 0.2) is 12.3 Å². The summed E-state index contributed by atoms with van der Waals surface area (Å²) in [5.74, 6) is 0.735. The van der Waals surface area contributed by atoms with Crippen LogP contribution in [0.4, 0.5) is 10.2 Å². The Bertz CT molecular complexity index is 522. The van der Waals surface area contributed by atoms with Gasteiger partial charge in [-0.15, -0.1) is 0 Å². The van der Waals surface area contributed by atoms with Crippen LogP contribution in [0.25, 0.3) is 0 Å². The molecule has 1 saturated heterocycles. The first-order chi connectivity index (χ1) is 9.93. The van der Waals surface area contributed by atoms with E-state index in [1.165, 1.54) is 6.07 Å². The van der Waals surface area contributed by atoms with Gasteiger partial charge in [-0.25, -0.2) is 9.37 Å². The number of anilines is 1. The van der Waals surface area contributed by atoms with Crippen molar-refractivity contribution < 1.29 is 9.18 Å². The Morgan fingerprint density at radius 3 is 3.00 bits per heavy atom. The average Bonchev–Trinajstić information content (AvgIpc) is 2.61. The molecule has 21 heavy (non-hydrogen) atoms. The fourth-order valence-corrected chi connectivity index (χ4v) is 3.40. The molecule has 0 bridgehead atoms. The molecule has 2 rings (SSSR count). The molecular weight excluding hydrogens is 289 g/mol. The largest absolute Gasteiger partial charge is 0.370 e. The van der Waals surface area contributed by atoms with E-state index in [4.69, 9.17) is 0 Å². The molecule has 1 aliphatic rings. The van der Waals surface area contributed by atoms with Crippen molar-refractivity contribution in [2.24, 2.45) is 0 Å². The topological polar surface area (TPSA) is 45.2 Å². The van der Waals surface area contributed by atoms with Gasteiger partial charge in [0.05, 0.1) is 11.8 Å². The highest BCUT2D eigenvalue weighted by Crippen LogP contribution is 2.31. The molecule has 2 heterocycles. The second-order valence-electron chi connectivity index (χ2n) is 5.73. The first kappa shape index (κ1) is 16.1. The Kier molecular flexibility index (Phi) is 5.08. The minimum Gasteiger partial charge on any atom is -0.370 e. The molecule has 1 aromatic heterocycles. The number of rotatable bonds is 3. The highest BCUT2D eigenvalue weighted by Gasteiger charge is 2.27. The first-order valence-corrected chi connectivity index (χ1v) is 8.24. The monoisotopic (exact) mass is 311 g/mol. The van der Waals surface area contributed by atoms with Crippen LogP contribution in [-0.4, -0.2) is 45.9 Å². The third kappa shape index (κ3) is 4.09. The average molecular weight is 311 g/mol. The molecule has 0 saturated carbocycles. The zero-order valence-corrected chi connectivity index (χ0v) is 13.6. The lowest BCUT2D eigenvalue weighted by Gasteiger charge is -2.23. The fraction of sp³-hybridized carbons (Fsp3) is 0.600. The normalized spacial score (nSPS) is 18.2. The number of pyridine rings is 1. The van der Waals surface area contributed by atoms with E-state index < -0.39 is 5.82 Å². The number of nitrogens with zero attached hydrogens (tertiary/aromatic N) is 2. The molecule has 0 radical (unpaired) electrons. The van der Waals surface area contributed by atoms with Gasteiger partial charge < -0.3 is 10.2 Å². The Morgan fingerprint density at radius 2 is 2.29 bits per heavy atom. The smallest absolute Gasteiger partial charge is 0.257 e. The Labute approximate surface area is 129 Å². The summed E-state index contributed by atoms with van der Waals surface area (Å²) in [7, 11) is 0. The molecule has 0 unspecified atom stereocenters. The van der Waals surface area contributed by atoms with Crippen molar-refractivity contribution in [3.63, 3.8) is 0 Å². The molecule has 116 valence electrons. The number of carbonyl (C=O) groups excluding carboxylic acids is 1. The third-order valence-electron chi connectivity index (χ3n) is 3.55. The number of hydrogen-bond acceptors (Lipinski definition) is 4. The minimum atomic E-state index is -0.482. The zero-order chi connectivity index (χ0) is 15.5. The van der Waals surface area contributed by atoms with E-state index in [9.17, 15) is 9.18 Å². The van der Waals surface area contributed by atoms with Gasteiger partial charge >= 0.3 is 0 Å². The molecule has 0 atom stereocenters. The number of thioether (sulfide) groups is 1. The van der Waals surface area contributed by atoms with Crippen LogP contribution >= 0.6 is 11.8 Å². The van der Waals surface area contributed by atoms with Crippen molar-refractivity contribution in [2.75, 3.05) is 30.7 Å². The molecular formula is C15H22FN3OS. The quantitative estimate of drug-likeness (QED) is 0.932. The van der Waals surface area contributed by atoms with Gasteiger partial charge in [-0.3, -0.25) is 4.79 Å². The van der Waals surface area contributed by atoms with Gasteiger partial charge in [0.15, 0.2) is 0 Å². The van der Waals surface area contributed by atoms with Gasteiger partial charge in [-0.2, -0.15) is 11.8 Å². The standard InChI is InChI=1S/C15H22FN3OS/c1-4-17-13-12(9-11(16)10-18-13)14(20)19-6-5-15(2,3)21-8-7-19/h9-10H,4-8H2,1-3H3,(H,17,18). The molecule has 1 aliphatic heterocycles. The maximum Gasteiger partial charge on any atom is 0.257 e. The predicted molar refractivity (Wildman–Crippen MR) is 85.4 cm³/mol. The lowest BCUT2D eigenvalue weighted by molar-refractivity contribution is 0.0764. The second kappa shape index (κ2) is 6.64. The van der Waals surface area contributed by atoms with Crippen molar-refractivity contribution in [3.8, 4) is 0 Å². The van der Waals surface area contributed by atoms with Crippen LogP contribution in [0.1, 0.15) is 37.6 Å². The molecule has 0 aromatic carbocycles. The Morgan fingerprint density at radius 1 is 1.52 bits per heavy atom. The van der Waals surface area contributed by atoms with Crippen molar-refractivity contribution >= 4 is 23.5 Å². The van der Waals surface area contributed by atoms with E-state index in [-0.39, 0.29) is 10.7 Å². The van der Waals surface area contributed by atoms with E-state index in [1.807, 2.05) is 18.7 Å². The van der Waals surface area contributed by atoms with E-state index >= 15 is 0 Å². The van der Waals surface area contributed by atoms with Gasteiger partial charge in [0, 0.05) is 30.1 Å². The van der Waals surface area contributed by atoms with Crippen molar-refractivity contribution in [2.45, 2.75) is 31.9 Å². The summed E-state index contributed by atoms with van der Waals surface area (Å²) in [5.41, 5.74) is 0.321. The maximum atomic E-state index is 13.5. The third-order valence-corrected chi connectivity index (χ3v) is 4.93. The van der Waals surface area contributed by atoms with Crippen LogP contribution in [0.2, 0.25) is 0 Å². The molecule has 0 spiro atoms. The molecule has 1 aromatic rings. The molecule has 4 nitrogen and oxygen atoms in total. The van der Waals surface area contributed by atoms with E-state index in [0.717, 1.165) is 18.4 Å². The number of aromatic nitrogens is 1. The Hall–Kier alpha value is -1.30. The minimum absolute atomic E-state index is 0.142. The number of halogens is 1. The van der Waals surface area contributed by atoms with Crippen molar-refractivity contribution in [1.82, 2.24) is 9.88 Å². The van der Waals surface area contributed by atoms with E-state index in [0.29, 0.717) is 31.0 Å². The van der Waals surface area contributed by atoms with Gasteiger partial charge in [-0.1, -0.05) is 13.8 Å². The van der Waals surface area contributed by atoms with Gasteiger partial charge in [-0.05, 0) is 19.4 Å². The summed E-state index contributed by atoms with van der Waals surface area (Å²) in [5, 5.41) is 3.02. The summed E-state index contributed by atoms with van der Waals surface area (Å²) < 4.78 is 13.6. The highest BCUT2D eigenvalue weighted by atomic mass is 32.2. The molecule has 1 fully saturated rings. The lowest BCUT2D eigenvalue weighted by atomic mass is 10.1. The van der Waals surface area contributed by atoms with Gasteiger partial charge in [0.1, 0.15) is 11.6 Å². The molecule has 0 aliphatic carbocycles. The first-order valence-electron chi connectivity index (χ1n) is 7.25. The lowest BCUT2D eigenvalue weighted by Crippen LogP contribution is -2.34. The van der Waals surface area contributed by atoms with E-state index in [1.54, 1.807) is 4.90 Å². The molecule has 1 amide bonds. The molecule has 1 N–H and O–H groups in total. The molecule has 6 heteroatoms. The number of hydrogen-bond donors (Lipinski definition) is 1. The SMILES string of the molecule is CCNc1ncc(F)cc1C(=O)N1CCSC(C)(C)CC1. The van der Waals surface area contributed by atoms with Crippen LogP contribution in [-0.2, 0) is 0 Å². The number of nitrogens with one attached hydrogen (secondary N) is 1. The Balaban J connectivity index is 2.21. The zero-order valence-electron chi connectivity index (χ0n) is 12.8. The van der Waals surface area contributed by atoms with Crippen LogP contribution < -0.4 is 5.32 Å². The summed E-state index contributed by atoms with van der Waals surface area (Å²) in [4.78, 5) is 18.5. The maximum absolute atomic E-state index is 13.5. The fourth-order valence-electron chi connectivity index (χ4n) is 2.30. The van der Waals surface area contributed by atoms with Crippen LogP contribution in [0.3, 0.4) is 0 Å². The van der Waals surface area contributed by atoms with E-state index in [2.05, 4.69) is 24.1 Å². The summed E-state index contributed by atoms with van der Waals surface area (Å²) >= 11 is 1.88. The summed E-state index contributed by atoms with van der Waals surface area (Å²) in [6.07, 6.45) is 2.07. The van der Waals surface area contributed by atoms with Crippen LogP contribution in [0, 0.1) is 5.82 Å². The summed E-state index contributed by atoms with van der Waals surface area (Å²) in [6.45, 7) is 8.33. The predicted octanol–water partition coefficient (Wildman–Crippen LogP) is 3.01. The van der Waals surface area contributed by atoms with Crippen molar-refractivity contribution in [3.05, 3.63) is 23.6 Å². The number of amides is 1. The van der Waals surface area contributed by atoms with Crippen molar-refractivity contribution in [1.29, 1.82) is 0 Å². The van der Waals surface area contributed by atoms with Crippen LogP contribution in [0.5, 0.6) is 0 Å². The van der Waals surface area contributed by atoms with Gasteiger partial charge in [0.25, 0.3) is 5.91 Å².